The SMILES string of the molecule is O=C(NCc1ccco1)c1ccc2c(c1)CCN2. The van der Waals surface area contributed by atoms with Gasteiger partial charge >= 0.3 is 0 Å². The fraction of sp³-hybridized carbons (Fsp3) is 0.214. The van der Waals surface area contributed by atoms with E-state index >= 15 is 0 Å². The number of furan rings is 1. The van der Waals surface area contributed by atoms with Crippen LogP contribution in [-0.4, -0.2) is 12.5 Å². The van der Waals surface area contributed by atoms with Crippen molar-refractivity contribution in [2.75, 3.05) is 11.9 Å². The van der Waals surface area contributed by atoms with Crippen molar-refractivity contribution in [1.29, 1.82) is 0 Å². The van der Waals surface area contributed by atoms with Gasteiger partial charge in [0.15, 0.2) is 0 Å². The average Bonchev–Trinajstić information content (AvgIpc) is 3.05. The zero-order valence-corrected chi connectivity index (χ0v) is 9.90. The second-order valence-electron chi connectivity index (χ2n) is 4.31. The molecular weight excluding hydrogens is 228 g/mol. The summed E-state index contributed by atoms with van der Waals surface area (Å²) in [5.41, 5.74) is 3.04. The topological polar surface area (TPSA) is 54.3 Å². The van der Waals surface area contributed by atoms with E-state index in [1.165, 1.54) is 5.56 Å². The maximum atomic E-state index is 12.0. The Labute approximate surface area is 105 Å². The molecule has 18 heavy (non-hydrogen) atoms. The van der Waals surface area contributed by atoms with Crippen LogP contribution in [0.15, 0.2) is 41.0 Å². The van der Waals surface area contributed by atoms with Gasteiger partial charge in [0.1, 0.15) is 5.76 Å². The fourth-order valence-electron chi connectivity index (χ4n) is 2.13. The average molecular weight is 242 g/mol. The number of carbonyl (C=O) groups excluding carboxylic acids is 1. The molecular formula is C14H14N2O2. The second kappa shape index (κ2) is 4.56. The van der Waals surface area contributed by atoms with E-state index in [9.17, 15) is 4.79 Å². The number of amides is 1. The molecule has 4 heteroatoms. The second-order valence-corrected chi connectivity index (χ2v) is 4.31. The normalized spacial score (nSPS) is 12.9. The van der Waals surface area contributed by atoms with Crippen molar-refractivity contribution in [3.05, 3.63) is 53.5 Å². The maximum absolute atomic E-state index is 12.0. The van der Waals surface area contributed by atoms with E-state index in [0.29, 0.717) is 12.1 Å². The Morgan fingerprint density at radius 3 is 3.17 bits per heavy atom. The fourth-order valence-corrected chi connectivity index (χ4v) is 2.13. The Morgan fingerprint density at radius 1 is 1.39 bits per heavy atom. The highest BCUT2D eigenvalue weighted by atomic mass is 16.3. The molecule has 2 aromatic rings. The molecule has 0 bridgehead atoms. The van der Waals surface area contributed by atoms with Gasteiger partial charge < -0.3 is 15.1 Å². The van der Waals surface area contributed by atoms with E-state index in [1.807, 2.05) is 30.3 Å². The monoisotopic (exact) mass is 242 g/mol. The summed E-state index contributed by atoms with van der Waals surface area (Å²) in [6.45, 7) is 1.37. The Kier molecular flexibility index (Phi) is 2.76. The number of benzene rings is 1. The third kappa shape index (κ3) is 2.09. The summed E-state index contributed by atoms with van der Waals surface area (Å²) in [7, 11) is 0. The summed E-state index contributed by atoms with van der Waals surface area (Å²) < 4.78 is 5.17. The Hall–Kier alpha value is -2.23. The molecule has 0 unspecified atom stereocenters. The van der Waals surface area contributed by atoms with Crippen molar-refractivity contribution in [2.24, 2.45) is 0 Å². The largest absolute Gasteiger partial charge is 0.467 e. The van der Waals surface area contributed by atoms with Crippen molar-refractivity contribution in [3.8, 4) is 0 Å². The lowest BCUT2D eigenvalue weighted by Gasteiger charge is -2.05. The number of rotatable bonds is 3. The summed E-state index contributed by atoms with van der Waals surface area (Å²) in [6.07, 6.45) is 2.58. The predicted octanol–water partition coefficient (Wildman–Crippen LogP) is 2.18. The molecule has 2 heterocycles. The van der Waals surface area contributed by atoms with Crippen LogP contribution in [0.1, 0.15) is 21.7 Å². The van der Waals surface area contributed by atoms with E-state index < -0.39 is 0 Å². The minimum Gasteiger partial charge on any atom is -0.467 e. The lowest BCUT2D eigenvalue weighted by atomic mass is 10.1. The molecule has 1 aliphatic heterocycles. The molecule has 1 aliphatic rings. The van der Waals surface area contributed by atoms with Crippen LogP contribution in [0.4, 0.5) is 5.69 Å². The highest BCUT2D eigenvalue weighted by Crippen LogP contribution is 2.22. The quantitative estimate of drug-likeness (QED) is 0.867. The zero-order chi connectivity index (χ0) is 12.4. The van der Waals surface area contributed by atoms with Crippen molar-refractivity contribution in [3.63, 3.8) is 0 Å². The summed E-state index contributed by atoms with van der Waals surface area (Å²) >= 11 is 0. The molecule has 0 saturated heterocycles. The van der Waals surface area contributed by atoms with Crippen LogP contribution >= 0.6 is 0 Å². The third-order valence-corrected chi connectivity index (χ3v) is 3.08. The van der Waals surface area contributed by atoms with Gasteiger partial charge in [-0.05, 0) is 42.3 Å². The summed E-state index contributed by atoms with van der Waals surface area (Å²) in [5.74, 6) is 0.687. The van der Waals surface area contributed by atoms with Crippen LogP contribution in [0, 0.1) is 0 Å². The molecule has 3 rings (SSSR count). The molecule has 0 aliphatic carbocycles. The molecule has 1 aromatic carbocycles. The maximum Gasteiger partial charge on any atom is 0.251 e. The van der Waals surface area contributed by atoms with Gasteiger partial charge in [-0.25, -0.2) is 0 Å². The van der Waals surface area contributed by atoms with Crippen LogP contribution in [-0.2, 0) is 13.0 Å². The predicted molar refractivity (Wildman–Crippen MR) is 68.5 cm³/mol. The van der Waals surface area contributed by atoms with Gasteiger partial charge in [0.05, 0.1) is 12.8 Å². The molecule has 2 N–H and O–H groups in total. The molecule has 0 spiro atoms. The zero-order valence-electron chi connectivity index (χ0n) is 9.90. The summed E-state index contributed by atoms with van der Waals surface area (Å²) in [6, 6.07) is 9.40. The van der Waals surface area contributed by atoms with Crippen molar-refractivity contribution in [2.45, 2.75) is 13.0 Å². The van der Waals surface area contributed by atoms with Gasteiger partial charge in [-0.3, -0.25) is 4.79 Å². The van der Waals surface area contributed by atoms with Gasteiger partial charge in [-0.1, -0.05) is 0 Å². The molecule has 1 aromatic heterocycles. The molecule has 92 valence electrons. The summed E-state index contributed by atoms with van der Waals surface area (Å²) in [5, 5.41) is 6.11. The van der Waals surface area contributed by atoms with Crippen molar-refractivity contribution < 1.29 is 9.21 Å². The lowest BCUT2D eigenvalue weighted by molar-refractivity contribution is 0.0948. The first kappa shape index (κ1) is 10.9. The Balaban J connectivity index is 1.69. The highest BCUT2D eigenvalue weighted by molar-refractivity contribution is 5.95. The van der Waals surface area contributed by atoms with E-state index in [-0.39, 0.29) is 5.91 Å². The van der Waals surface area contributed by atoms with Gasteiger partial charge in [0, 0.05) is 17.8 Å². The number of hydrogen-bond donors (Lipinski definition) is 2. The number of carbonyl (C=O) groups is 1. The number of fused-ring (bicyclic) bond motifs is 1. The van der Waals surface area contributed by atoms with E-state index in [2.05, 4.69) is 10.6 Å². The van der Waals surface area contributed by atoms with Crippen LogP contribution in [0.25, 0.3) is 0 Å². The van der Waals surface area contributed by atoms with Crippen LogP contribution < -0.4 is 10.6 Å². The minimum atomic E-state index is -0.0684. The highest BCUT2D eigenvalue weighted by Gasteiger charge is 2.13. The molecule has 0 radical (unpaired) electrons. The van der Waals surface area contributed by atoms with Crippen LogP contribution in [0.2, 0.25) is 0 Å². The number of anilines is 1. The lowest BCUT2D eigenvalue weighted by Crippen LogP contribution is -2.22. The van der Waals surface area contributed by atoms with E-state index in [4.69, 9.17) is 4.42 Å². The molecule has 0 fully saturated rings. The molecule has 0 atom stereocenters. The first-order valence-electron chi connectivity index (χ1n) is 6.00. The Bertz CT molecular complexity index is 561. The molecule has 4 nitrogen and oxygen atoms in total. The van der Waals surface area contributed by atoms with Gasteiger partial charge in [0.2, 0.25) is 0 Å². The van der Waals surface area contributed by atoms with Crippen molar-refractivity contribution >= 4 is 11.6 Å². The van der Waals surface area contributed by atoms with E-state index in [1.54, 1.807) is 6.26 Å². The van der Waals surface area contributed by atoms with Crippen LogP contribution in [0.5, 0.6) is 0 Å². The van der Waals surface area contributed by atoms with E-state index in [0.717, 1.165) is 24.4 Å². The first-order valence-corrected chi connectivity index (χ1v) is 6.00. The van der Waals surface area contributed by atoms with Crippen molar-refractivity contribution in [1.82, 2.24) is 5.32 Å². The van der Waals surface area contributed by atoms with Gasteiger partial charge in [-0.2, -0.15) is 0 Å². The first-order chi connectivity index (χ1) is 8.83. The standard InChI is InChI=1S/C14H14N2O2/c17-14(16-9-12-2-1-7-18-12)11-3-4-13-10(8-11)5-6-15-13/h1-4,7-8,15H,5-6,9H2,(H,16,17). The molecule has 1 amide bonds. The third-order valence-electron chi connectivity index (χ3n) is 3.08. The van der Waals surface area contributed by atoms with Gasteiger partial charge in [0.25, 0.3) is 5.91 Å². The minimum absolute atomic E-state index is 0.0684. The Morgan fingerprint density at radius 2 is 2.33 bits per heavy atom. The number of nitrogens with one attached hydrogen (secondary N) is 2. The molecule has 0 saturated carbocycles. The smallest absolute Gasteiger partial charge is 0.251 e. The van der Waals surface area contributed by atoms with Gasteiger partial charge in [-0.15, -0.1) is 0 Å². The van der Waals surface area contributed by atoms with Crippen LogP contribution in [0.3, 0.4) is 0 Å². The summed E-state index contributed by atoms with van der Waals surface area (Å²) in [4.78, 5) is 12.0. The number of hydrogen-bond acceptors (Lipinski definition) is 3.